The van der Waals surface area contributed by atoms with Gasteiger partial charge in [-0.05, 0) is 51.6 Å². The molecule has 1 heterocycles. The number of hydrogen-bond acceptors (Lipinski definition) is 4. The molecule has 1 rings (SSSR count). The van der Waals surface area contributed by atoms with E-state index in [4.69, 9.17) is 0 Å². The fraction of sp³-hybridized carbons (Fsp3) is 0.783. The third kappa shape index (κ3) is 7.92. The largest absolute Gasteiger partial charge is 0.345 e. The highest BCUT2D eigenvalue weighted by Gasteiger charge is 2.30. The summed E-state index contributed by atoms with van der Waals surface area (Å²) in [5, 5.41) is 2.95. The number of nitrogens with zero attached hydrogens (tertiary/aromatic N) is 2. The molecular formula is C23H41N3O3. The van der Waals surface area contributed by atoms with Gasteiger partial charge in [-0.15, -0.1) is 0 Å². The maximum absolute atomic E-state index is 12.8. The maximum Gasteiger partial charge on any atom is 0.238 e. The van der Waals surface area contributed by atoms with Crippen molar-refractivity contribution in [3.63, 3.8) is 0 Å². The van der Waals surface area contributed by atoms with Gasteiger partial charge in [0.1, 0.15) is 0 Å². The summed E-state index contributed by atoms with van der Waals surface area (Å²) in [4.78, 5) is 40.4. The summed E-state index contributed by atoms with van der Waals surface area (Å²) in [5.74, 6) is 0.367. The molecule has 6 heteroatoms. The monoisotopic (exact) mass is 407 g/mol. The summed E-state index contributed by atoms with van der Waals surface area (Å²) < 4.78 is 0. The van der Waals surface area contributed by atoms with Crippen LogP contribution < -0.4 is 5.32 Å². The molecule has 2 atom stereocenters. The average molecular weight is 408 g/mol. The molecule has 0 aromatic heterocycles. The van der Waals surface area contributed by atoms with E-state index < -0.39 is 6.04 Å². The van der Waals surface area contributed by atoms with Gasteiger partial charge in [-0.3, -0.25) is 19.3 Å². The van der Waals surface area contributed by atoms with E-state index in [1.54, 1.807) is 0 Å². The number of likely N-dealkylation sites (N-methyl/N-ethyl adjacent to an activating group) is 1. The van der Waals surface area contributed by atoms with Crippen molar-refractivity contribution >= 4 is 17.6 Å². The molecule has 1 fully saturated rings. The van der Waals surface area contributed by atoms with E-state index in [0.717, 1.165) is 50.9 Å². The van der Waals surface area contributed by atoms with Crippen LogP contribution in [0.25, 0.3) is 0 Å². The van der Waals surface area contributed by atoms with Crippen LogP contribution in [0.2, 0.25) is 0 Å². The van der Waals surface area contributed by atoms with Crippen molar-refractivity contribution in [2.24, 2.45) is 11.8 Å². The molecule has 0 bridgehead atoms. The van der Waals surface area contributed by atoms with Crippen LogP contribution in [-0.2, 0) is 14.4 Å². The Bertz CT molecular complexity index is 570. The third-order valence-corrected chi connectivity index (χ3v) is 5.73. The molecule has 166 valence electrons. The second-order valence-corrected chi connectivity index (χ2v) is 9.04. The fourth-order valence-electron chi connectivity index (χ4n) is 4.09. The van der Waals surface area contributed by atoms with Gasteiger partial charge in [0.15, 0.2) is 5.78 Å². The number of rotatable bonds is 13. The Labute approximate surface area is 177 Å². The molecule has 0 aliphatic carbocycles. The SMILES string of the molecule is C=C1CCC(=O)N1CCCCCCN(C)C(C(=O)NC(C(C)=O)C(C)C)C(C)C. The number of Topliss-reactive ketones (excluding diaryl/α,β-unsaturated/α-hetero) is 1. The van der Waals surface area contributed by atoms with Crippen molar-refractivity contribution in [2.45, 2.75) is 85.2 Å². The van der Waals surface area contributed by atoms with Crippen LogP contribution >= 0.6 is 0 Å². The summed E-state index contributed by atoms with van der Waals surface area (Å²) in [6.45, 7) is 15.1. The molecule has 0 aromatic carbocycles. The predicted molar refractivity (Wildman–Crippen MR) is 117 cm³/mol. The molecule has 0 radical (unpaired) electrons. The van der Waals surface area contributed by atoms with Crippen molar-refractivity contribution in [1.29, 1.82) is 0 Å². The highest BCUT2D eigenvalue weighted by molar-refractivity contribution is 5.90. The molecule has 29 heavy (non-hydrogen) atoms. The second kappa shape index (κ2) is 12.1. The van der Waals surface area contributed by atoms with E-state index >= 15 is 0 Å². The van der Waals surface area contributed by atoms with Crippen molar-refractivity contribution in [3.8, 4) is 0 Å². The number of likely N-dealkylation sites (tertiary alicyclic amines) is 1. The van der Waals surface area contributed by atoms with Crippen LogP contribution in [0, 0.1) is 11.8 Å². The maximum atomic E-state index is 12.8. The smallest absolute Gasteiger partial charge is 0.238 e. The second-order valence-electron chi connectivity index (χ2n) is 9.04. The van der Waals surface area contributed by atoms with Crippen LogP contribution in [0.4, 0.5) is 0 Å². The van der Waals surface area contributed by atoms with Crippen LogP contribution in [0.1, 0.15) is 73.1 Å². The van der Waals surface area contributed by atoms with E-state index in [1.807, 2.05) is 39.6 Å². The number of carbonyl (C=O) groups excluding carboxylic acids is 3. The number of allylic oxidation sites excluding steroid dienone is 1. The number of hydrogen-bond donors (Lipinski definition) is 1. The molecule has 1 saturated heterocycles. The topological polar surface area (TPSA) is 69.7 Å². The normalized spacial score (nSPS) is 16.8. The molecule has 1 N–H and O–H groups in total. The summed E-state index contributed by atoms with van der Waals surface area (Å²) in [5.41, 5.74) is 0.950. The summed E-state index contributed by atoms with van der Waals surface area (Å²) in [6.07, 6.45) is 5.50. The molecular weight excluding hydrogens is 366 g/mol. The number of ketones is 1. The standard InChI is InChI=1S/C23H41N3O3/c1-16(2)21(19(6)27)24-23(29)22(17(3)4)25(7)14-10-8-9-11-15-26-18(5)12-13-20(26)28/h16-17,21-22H,5,8-15H2,1-4,6-7H3,(H,24,29). The minimum Gasteiger partial charge on any atom is -0.345 e. The van der Waals surface area contributed by atoms with E-state index in [-0.39, 0.29) is 35.5 Å². The first-order valence-electron chi connectivity index (χ1n) is 11.1. The molecule has 2 unspecified atom stereocenters. The first-order valence-corrected chi connectivity index (χ1v) is 11.1. The van der Waals surface area contributed by atoms with Crippen molar-refractivity contribution in [1.82, 2.24) is 15.1 Å². The predicted octanol–water partition coefficient (Wildman–Crippen LogP) is 3.37. The molecule has 1 aliphatic heterocycles. The Morgan fingerprint density at radius 3 is 2.17 bits per heavy atom. The van der Waals surface area contributed by atoms with Gasteiger partial charge < -0.3 is 10.2 Å². The quantitative estimate of drug-likeness (QED) is 0.475. The van der Waals surface area contributed by atoms with Gasteiger partial charge in [0.05, 0.1) is 12.1 Å². The third-order valence-electron chi connectivity index (χ3n) is 5.73. The number of unbranched alkanes of at least 4 members (excludes halogenated alkanes) is 3. The van der Waals surface area contributed by atoms with E-state index in [0.29, 0.717) is 6.42 Å². The van der Waals surface area contributed by atoms with Gasteiger partial charge in [-0.25, -0.2) is 0 Å². The molecule has 1 aliphatic rings. The summed E-state index contributed by atoms with van der Waals surface area (Å²) in [7, 11) is 1.98. The Hall–Kier alpha value is -1.69. The van der Waals surface area contributed by atoms with E-state index in [2.05, 4.69) is 16.8 Å². The molecule has 0 spiro atoms. The van der Waals surface area contributed by atoms with Crippen molar-refractivity contribution in [3.05, 3.63) is 12.3 Å². The lowest BCUT2D eigenvalue weighted by molar-refractivity contribution is -0.132. The van der Waals surface area contributed by atoms with Gasteiger partial charge in [0.25, 0.3) is 0 Å². The molecule has 2 amide bonds. The Morgan fingerprint density at radius 1 is 1.07 bits per heavy atom. The minimum atomic E-state index is -0.430. The van der Waals surface area contributed by atoms with Crippen molar-refractivity contribution < 1.29 is 14.4 Å². The van der Waals surface area contributed by atoms with Crippen LogP contribution in [-0.4, -0.2) is 59.6 Å². The Balaban J connectivity index is 2.41. The van der Waals surface area contributed by atoms with Gasteiger partial charge in [-0.1, -0.05) is 47.1 Å². The number of nitrogens with one attached hydrogen (secondary N) is 1. The lowest BCUT2D eigenvalue weighted by Crippen LogP contribution is -2.53. The zero-order valence-electron chi connectivity index (χ0n) is 19.3. The minimum absolute atomic E-state index is 0.00215. The van der Waals surface area contributed by atoms with E-state index in [9.17, 15) is 14.4 Å². The lowest BCUT2D eigenvalue weighted by atomic mass is 9.97. The zero-order chi connectivity index (χ0) is 22.1. The van der Waals surface area contributed by atoms with Crippen LogP contribution in [0.3, 0.4) is 0 Å². The lowest BCUT2D eigenvalue weighted by Gasteiger charge is -2.32. The molecule has 6 nitrogen and oxygen atoms in total. The van der Waals surface area contributed by atoms with Crippen LogP contribution in [0.5, 0.6) is 0 Å². The van der Waals surface area contributed by atoms with Gasteiger partial charge in [0.2, 0.25) is 11.8 Å². The highest BCUT2D eigenvalue weighted by atomic mass is 16.2. The molecule has 0 aromatic rings. The van der Waals surface area contributed by atoms with Gasteiger partial charge in [0, 0.05) is 18.7 Å². The highest BCUT2D eigenvalue weighted by Crippen LogP contribution is 2.21. The van der Waals surface area contributed by atoms with E-state index in [1.165, 1.54) is 6.92 Å². The Morgan fingerprint density at radius 2 is 1.69 bits per heavy atom. The average Bonchev–Trinajstić information content (AvgIpc) is 2.93. The Kier molecular flexibility index (Phi) is 10.6. The summed E-state index contributed by atoms with van der Waals surface area (Å²) in [6, 6.07) is -0.679. The first-order chi connectivity index (χ1) is 13.6. The van der Waals surface area contributed by atoms with Gasteiger partial charge in [-0.2, -0.15) is 0 Å². The zero-order valence-corrected chi connectivity index (χ0v) is 19.3. The molecule has 0 saturated carbocycles. The number of carbonyl (C=O) groups is 3. The van der Waals surface area contributed by atoms with Gasteiger partial charge >= 0.3 is 0 Å². The number of amides is 2. The van der Waals surface area contributed by atoms with Crippen LogP contribution in [0.15, 0.2) is 12.3 Å². The first kappa shape index (κ1) is 25.3. The fourth-order valence-corrected chi connectivity index (χ4v) is 4.09. The van der Waals surface area contributed by atoms with Crippen molar-refractivity contribution in [2.75, 3.05) is 20.1 Å². The summed E-state index contributed by atoms with van der Waals surface area (Å²) >= 11 is 0.